The Morgan fingerprint density at radius 3 is 2.60 bits per heavy atom. The molecule has 8 heteroatoms. The standard InChI is InChI=1S/C17H26ClN3O3S/c1-13-15(18)9-6-10-16(13)21(25(2,23)24)12-11-19-17(22)20-14-7-4-3-5-8-14/h6,9-10,14H,3-5,7-8,11-12H2,1-2H3,(H2,19,20,22). The van der Waals surface area contributed by atoms with E-state index in [4.69, 9.17) is 11.6 Å². The van der Waals surface area contributed by atoms with E-state index in [0.717, 1.165) is 31.9 Å². The fraction of sp³-hybridized carbons (Fsp3) is 0.588. The number of hydrogen-bond acceptors (Lipinski definition) is 3. The molecule has 2 rings (SSSR count). The summed E-state index contributed by atoms with van der Waals surface area (Å²) in [4.78, 5) is 12.0. The van der Waals surface area contributed by atoms with Crippen LogP contribution < -0.4 is 14.9 Å². The summed E-state index contributed by atoms with van der Waals surface area (Å²) < 4.78 is 25.6. The van der Waals surface area contributed by atoms with Gasteiger partial charge in [0.05, 0.1) is 18.5 Å². The Morgan fingerprint density at radius 2 is 1.96 bits per heavy atom. The smallest absolute Gasteiger partial charge is 0.315 e. The second-order valence-corrected chi connectivity index (χ2v) is 8.77. The SMILES string of the molecule is Cc1c(Cl)cccc1N(CCNC(=O)NC1CCCCC1)S(C)(=O)=O. The van der Waals surface area contributed by atoms with E-state index in [-0.39, 0.29) is 25.2 Å². The minimum Gasteiger partial charge on any atom is -0.336 e. The average Bonchev–Trinajstić information content (AvgIpc) is 2.54. The average molecular weight is 388 g/mol. The molecule has 0 unspecified atom stereocenters. The molecular weight excluding hydrogens is 362 g/mol. The summed E-state index contributed by atoms with van der Waals surface area (Å²) in [5.41, 5.74) is 1.23. The number of rotatable bonds is 6. The number of halogens is 1. The quantitative estimate of drug-likeness (QED) is 0.787. The van der Waals surface area contributed by atoms with Crippen molar-refractivity contribution in [1.29, 1.82) is 0 Å². The molecule has 1 saturated carbocycles. The fourth-order valence-corrected chi connectivity index (χ4v) is 4.23. The van der Waals surface area contributed by atoms with Crippen LogP contribution in [0.4, 0.5) is 10.5 Å². The summed E-state index contributed by atoms with van der Waals surface area (Å²) in [5.74, 6) is 0. The largest absolute Gasteiger partial charge is 0.336 e. The Bertz CT molecular complexity index is 703. The highest BCUT2D eigenvalue weighted by atomic mass is 35.5. The topological polar surface area (TPSA) is 78.5 Å². The molecule has 1 aliphatic rings. The number of sulfonamides is 1. The summed E-state index contributed by atoms with van der Waals surface area (Å²) in [6.07, 6.45) is 6.66. The van der Waals surface area contributed by atoms with Crippen molar-refractivity contribution in [3.63, 3.8) is 0 Å². The summed E-state index contributed by atoms with van der Waals surface area (Å²) in [5, 5.41) is 6.21. The number of nitrogens with one attached hydrogen (secondary N) is 2. The van der Waals surface area contributed by atoms with Gasteiger partial charge in [-0.3, -0.25) is 4.31 Å². The molecule has 0 atom stereocenters. The van der Waals surface area contributed by atoms with E-state index < -0.39 is 10.0 Å². The summed E-state index contributed by atoms with van der Waals surface area (Å²) in [6, 6.07) is 5.12. The molecule has 2 N–H and O–H groups in total. The third kappa shape index (κ3) is 5.78. The van der Waals surface area contributed by atoms with Gasteiger partial charge >= 0.3 is 6.03 Å². The number of carbonyl (C=O) groups is 1. The van der Waals surface area contributed by atoms with Gasteiger partial charge in [0.25, 0.3) is 0 Å². The molecule has 0 bridgehead atoms. The molecule has 0 aromatic heterocycles. The molecule has 1 aromatic rings. The lowest BCUT2D eigenvalue weighted by molar-refractivity contribution is 0.233. The molecule has 2 amide bonds. The maximum absolute atomic E-state index is 12.1. The zero-order valence-corrected chi connectivity index (χ0v) is 16.3. The molecule has 140 valence electrons. The van der Waals surface area contributed by atoms with Crippen LogP contribution in [0.5, 0.6) is 0 Å². The van der Waals surface area contributed by atoms with E-state index in [1.807, 2.05) is 0 Å². The van der Waals surface area contributed by atoms with Crippen molar-refractivity contribution in [3.8, 4) is 0 Å². The van der Waals surface area contributed by atoms with Crippen LogP contribution in [0, 0.1) is 6.92 Å². The van der Waals surface area contributed by atoms with Crippen LogP contribution in [-0.2, 0) is 10.0 Å². The van der Waals surface area contributed by atoms with Gasteiger partial charge in [-0.15, -0.1) is 0 Å². The Balaban J connectivity index is 1.94. The number of nitrogens with zero attached hydrogens (tertiary/aromatic N) is 1. The molecule has 0 aliphatic heterocycles. The fourth-order valence-electron chi connectivity index (χ4n) is 3.09. The van der Waals surface area contributed by atoms with Gasteiger partial charge in [-0.1, -0.05) is 36.9 Å². The molecule has 0 spiro atoms. The molecule has 0 saturated heterocycles. The first-order valence-electron chi connectivity index (χ1n) is 8.56. The number of hydrogen-bond donors (Lipinski definition) is 2. The van der Waals surface area contributed by atoms with Gasteiger partial charge in [-0.2, -0.15) is 0 Å². The number of amides is 2. The zero-order chi connectivity index (χ0) is 18.4. The Kier molecular flexibility index (Phi) is 6.95. The van der Waals surface area contributed by atoms with E-state index in [0.29, 0.717) is 16.3 Å². The lowest BCUT2D eigenvalue weighted by atomic mass is 9.96. The van der Waals surface area contributed by atoms with E-state index >= 15 is 0 Å². The van der Waals surface area contributed by atoms with Crippen LogP contribution in [0.2, 0.25) is 5.02 Å². The van der Waals surface area contributed by atoms with Crippen molar-refractivity contribution >= 4 is 33.3 Å². The molecule has 0 radical (unpaired) electrons. The first-order valence-corrected chi connectivity index (χ1v) is 10.8. The normalized spacial score (nSPS) is 15.6. The molecule has 0 heterocycles. The Morgan fingerprint density at radius 1 is 1.28 bits per heavy atom. The summed E-state index contributed by atoms with van der Waals surface area (Å²) in [6.45, 7) is 2.15. The molecule has 1 aromatic carbocycles. The van der Waals surface area contributed by atoms with Gasteiger partial charge in [-0.25, -0.2) is 13.2 Å². The van der Waals surface area contributed by atoms with Gasteiger partial charge < -0.3 is 10.6 Å². The Hall–Kier alpha value is -1.47. The lowest BCUT2D eigenvalue weighted by Gasteiger charge is -2.26. The minimum atomic E-state index is -3.48. The second kappa shape index (κ2) is 8.76. The van der Waals surface area contributed by atoms with Gasteiger partial charge in [0.15, 0.2) is 0 Å². The van der Waals surface area contributed by atoms with Crippen LogP contribution in [0.25, 0.3) is 0 Å². The third-order valence-electron chi connectivity index (χ3n) is 4.45. The highest BCUT2D eigenvalue weighted by molar-refractivity contribution is 7.92. The van der Waals surface area contributed by atoms with Crippen molar-refractivity contribution in [3.05, 3.63) is 28.8 Å². The van der Waals surface area contributed by atoms with Crippen LogP contribution in [0.3, 0.4) is 0 Å². The first kappa shape index (κ1) is 19.8. The summed E-state index contributed by atoms with van der Waals surface area (Å²) >= 11 is 6.10. The molecule has 1 fully saturated rings. The van der Waals surface area contributed by atoms with Gasteiger partial charge in [0, 0.05) is 17.6 Å². The van der Waals surface area contributed by atoms with Crippen LogP contribution >= 0.6 is 11.6 Å². The van der Waals surface area contributed by atoms with Crippen molar-refractivity contribution in [2.45, 2.75) is 45.1 Å². The van der Waals surface area contributed by atoms with E-state index in [9.17, 15) is 13.2 Å². The van der Waals surface area contributed by atoms with E-state index in [1.165, 1.54) is 10.7 Å². The van der Waals surface area contributed by atoms with Crippen LogP contribution in [-0.4, -0.2) is 39.8 Å². The van der Waals surface area contributed by atoms with Crippen molar-refractivity contribution < 1.29 is 13.2 Å². The monoisotopic (exact) mass is 387 g/mol. The van der Waals surface area contributed by atoms with Crippen molar-refractivity contribution in [2.75, 3.05) is 23.7 Å². The zero-order valence-electron chi connectivity index (χ0n) is 14.7. The number of anilines is 1. The third-order valence-corrected chi connectivity index (χ3v) is 6.04. The maximum Gasteiger partial charge on any atom is 0.315 e. The molecule has 25 heavy (non-hydrogen) atoms. The maximum atomic E-state index is 12.1. The number of carbonyl (C=O) groups excluding carboxylic acids is 1. The Labute approximate surface area is 155 Å². The van der Waals surface area contributed by atoms with E-state index in [1.54, 1.807) is 25.1 Å². The highest BCUT2D eigenvalue weighted by Crippen LogP contribution is 2.27. The lowest BCUT2D eigenvalue weighted by Crippen LogP contribution is -2.46. The van der Waals surface area contributed by atoms with Gasteiger partial charge in [0.2, 0.25) is 10.0 Å². The predicted octanol–water partition coefficient (Wildman–Crippen LogP) is 3.05. The van der Waals surface area contributed by atoms with E-state index in [2.05, 4.69) is 10.6 Å². The highest BCUT2D eigenvalue weighted by Gasteiger charge is 2.20. The summed E-state index contributed by atoms with van der Waals surface area (Å²) in [7, 11) is -3.48. The molecule has 1 aliphatic carbocycles. The number of urea groups is 1. The van der Waals surface area contributed by atoms with Gasteiger partial charge in [0.1, 0.15) is 0 Å². The van der Waals surface area contributed by atoms with Crippen LogP contribution in [0.15, 0.2) is 18.2 Å². The predicted molar refractivity (Wildman–Crippen MR) is 102 cm³/mol. The number of benzene rings is 1. The molecular formula is C17H26ClN3O3S. The van der Waals surface area contributed by atoms with Crippen LogP contribution in [0.1, 0.15) is 37.7 Å². The molecule has 6 nitrogen and oxygen atoms in total. The van der Waals surface area contributed by atoms with Crippen molar-refractivity contribution in [2.24, 2.45) is 0 Å². The minimum absolute atomic E-state index is 0.151. The first-order chi connectivity index (χ1) is 11.8. The van der Waals surface area contributed by atoms with Crippen molar-refractivity contribution in [1.82, 2.24) is 10.6 Å². The second-order valence-electron chi connectivity index (χ2n) is 6.45. The van der Waals surface area contributed by atoms with Gasteiger partial charge in [-0.05, 0) is 37.5 Å².